The predicted molar refractivity (Wildman–Crippen MR) is 64.4 cm³/mol. The predicted octanol–water partition coefficient (Wildman–Crippen LogP) is 2.52. The summed E-state index contributed by atoms with van der Waals surface area (Å²) in [7, 11) is 1.12. The van der Waals surface area contributed by atoms with Crippen LogP contribution in [0.25, 0.3) is 0 Å². The summed E-state index contributed by atoms with van der Waals surface area (Å²) in [6.45, 7) is 6.20. The molecule has 0 spiro atoms. The average Bonchev–Trinajstić information content (AvgIpc) is 1.82. The third-order valence-electron chi connectivity index (χ3n) is 1.67. The number of nitrogens with zero attached hydrogens (tertiary/aromatic N) is 1. The van der Waals surface area contributed by atoms with Crippen molar-refractivity contribution in [2.24, 2.45) is 4.99 Å². The van der Waals surface area contributed by atoms with Gasteiger partial charge in [-0.2, -0.15) is 0 Å². The largest absolute Gasteiger partial charge is 0.369 e. The topological polar surface area (TPSA) is 21.6 Å². The maximum absolute atomic E-state index is 5.72. The van der Waals surface area contributed by atoms with E-state index >= 15 is 0 Å². The van der Waals surface area contributed by atoms with E-state index in [1.165, 1.54) is 5.04 Å². The van der Waals surface area contributed by atoms with Crippen LogP contribution in [0.3, 0.4) is 0 Å². The van der Waals surface area contributed by atoms with Crippen LogP contribution >= 0.6 is 10.0 Å². The maximum Gasteiger partial charge on any atom is 0.101 e. The zero-order valence-corrected chi connectivity index (χ0v) is 10.7. The van der Waals surface area contributed by atoms with Gasteiger partial charge in [0.25, 0.3) is 0 Å². The van der Waals surface area contributed by atoms with Crippen molar-refractivity contribution in [3.05, 3.63) is 0 Å². The van der Waals surface area contributed by atoms with Gasteiger partial charge in [-0.15, -0.1) is 0 Å². The highest BCUT2D eigenvalue weighted by molar-refractivity contribution is 8.44. The van der Waals surface area contributed by atoms with Gasteiger partial charge in [0.15, 0.2) is 0 Å². The quantitative estimate of drug-likeness (QED) is 0.512. The van der Waals surface area contributed by atoms with Gasteiger partial charge < -0.3 is 4.74 Å². The summed E-state index contributed by atoms with van der Waals surface area (Å²) in [5.41, 5.74) is 0. The second-order valence-electron chi connectivity index (χ2n) is 4.23. The molecule has 0 fully saturated rings. The van der Waals surface area contributed by atoms with Crippen LogP contribution in [0.5, 0.6) is 0 Å². The van der Waals surface area contributed by atoms with Crippen molar-refractivity contribution >= 4 is 15.1 Å². The van der Waals surface area contributed by atoms with Crippen molar-refractivity contribution < 1.29 is 4.74 Å². The van der Waals surface area contributed by atoms with E-state index in [0.717, 1.165) is 0 Å². The van der Waals surface area contributed by atoms with Crippen LogP contribution in [-0.4, -0.2) is 43.1 Å². The summed E-state index contributed by atoms with van der Waals surface area (Å²) in [6.07, 6.45) is 7.16. The molecule has 0 aliphatic heterocycles. The van der Waals surface area contributed by atoms with E-state index in [0.29, 0.717) is 0 Å². The first-order valence-corrected chi connectivity index (χ1v) is 7.45. The molecule has 0 aromatic rings. The van der Waals surface area contributed by atoms with E-state index in [-0.39, 0.29) is 12.2 Å². The number of hydrogen-bond acceptors (Lipinski definition) is 2. The molecule has 0 bridgehead atoms. The van der Waals surface area contributed by atoms with Gasteiger partial charge in [-0.1, -0.05) is 0 Å². The summed E-state index contributed by atoms with van der Waals surface area (Å²) < 4.78 is 5.72. The summed E-state index contributed by atoms with van der Waals surface area (Å²) >= 11 is 0. The average molecular weight is 205 g/mol. The lowest BCUT2D eigenvalue weighted by molar-refractivity contribution is 0.0582. The summed E-state index contributed by atoms with van der Waals surface area (Å²) in [4.78, 5) is 4.34. The molecule has 0 aromatic carbocycles. The number of hydrogen-bond donors (Lipinski definition) is 0. The van der Waals surface area contributed by atoms with Gasteiger partial charge >= 0.3 is 0 Å². The van der Waals surface area contributed by atoms with Gasteiger partial charge in [0.1, 0.15) is 6.10 Å². The van der Waals surface area contributed by atoms with Crippen molar-refractivity contribution in [1.29, 1.82) is 0 Å². The van der Waals surface area contributed by atoms with E-state index in [1.54, 1.807) is 0 Å². The lowest BCUT2D eigenvalue weighted by Crippen LogP contribution is -2.27. The Morgan fingerprint density at radius 1 is 1.15 bits per heavy atom. The Morgan fingerprint density at radius 3 is 1.85 bits per heavy atom. The van der Waals surface area contributed by atoms with E-state index in [4.69, 9.17) is 4.74 Å². The minimum absolute atomic E-state index is 0.153. The first-order chi connectivity index (χ1) is 5.79. The standard InChI is InChI=1S/C10H23NOS/c1-8(2)12-9(3)10(11-4)13(5,6)7/h8-9H,1-7H3/b11-10+. The molecule has 0 saturated heterocycles. The molecule has 13 heavy (non-hydrogen) atoms. The Hall–Kier alpha value is -0.0200. The number of aliphatic imine (C=N–C) groups is 1. The Bertz CT molecular complexity index is 182. The highest BCUT2D eigenvalue weighted by Crippen LogP contribution is 2.38. The van der Waals surface area contributed by atoms with E-state index in [2.05, 4.69) is 44.5 Å². The fourth-order valence-corrected chi connectivity index (χ4v) is 3.02. The minimum Gasteiger partial charge on any atom is -0.369 e. The van der Waals surface area contributed by atoms with Crippen LogP contribution in [-0.2, 0) is 4.74 Å². The molecule has 3 heteroatoms. The highest BCUT2D eigenvalue weighted by Gasteiger charge is 2.20. The SMILES string of the molecule is C/N=C(\C(C)OC(C)C)S(C)(C)C. The Kier molecular flexibility index (Phi) is 5.00. The molecule has 0 aliphatic carbocycles. The summed E-state index contributed by atoms with van der Waals surface area (Å²) in [5, 5.41) is 1.21. The van der Waals surface area contributed by atoms with E-state index in [9.17, 15) is 0 Å². The van der Waals surface area contributed by atoms with Crippen molar-refractivity contribution in [3.8, 4) is 0 Å². The number of rotatable bonds is 3. The molecule has 1 atom stereocenters. The Morgan fingerprint density at radius 2 is 1.62 bits per heavy atom. The molecule has 0 radical (unpaired) electrons. The summed E-state index contributed by atoms with van der Waals surface area (Å²) in [6, 6.07) is 0. The molecular formula is C10H23NOS. The minimum atomic E-state index is -0.735. The van der Waals surface area contributed by atoms with Crippen molar-refractivity contribution in [2.75, 3.05) is 25.8 Å². The van der Waals surface area contributed by atoms with Crippen LogP contribution in [0.1, 0.15) is 20.8 Å². The van der Waals surface area contributed by atoms with Crippen molar-refractivity contribution in [3.63, 3.8) is 0 Å². The van der Waals surface area contributed by atoms with Crippen molar-refractivity contribution in [2.45, 2.75) is 33.0 Å². The van der Waals surface area contributed by atoms with Gasteiger partial charge in [-0.05, 0) is 39.5 Å². The molecule has 80 valence electrons. The first kappa shape index (κ1) is 13.0. The molecule has 2 nitrogen and oxygen atoms in total. The van der Waals surface area contributed by atoms with Gasteiger partial charge in [0, 0.05) is 7.05 Å². The Labute approximate surface area is 84.1 Å². The molecular weight excluding hydrogens is 182 g/mol. The van der Waals surface area contributed by atoms with Gasteiger partial charge in [0.05, 0.1) is 11.1 Å². The zero-order valence-electron chi connectivity index (χ0n) is 9.92. The van der Waals surface area contributed by atoms with Gasteiger partial charge in [0.2, 0.25) is 0 Å². The molecule has 0 amide bonds. The smallest absolute Gasteiger partial charge is 0.101 e. The molecule has 0 heterocycles. The van der Waals surface area contributed by atoms with Crippen LogP contribution in [0.2, 0.25) is 0 Å². The molecule has 0 aromatic heterocycles. The fourth-order valence-electron chi connectivity index (χ4n) is 1.42. The molecule has 0 aliphatic rings. The van der Waals surface area contributed by atoms with E-state index < -0.39 is 10.0 Å². The summed E-state index contributed by atoms with van der Waals surface area (Å²) in [5.74, 6) is 0. The van der Waals surface area contributed by atoms with Crippen LogP contribution in [0.15, 0.2) is 4.99 Å². The first-order valence-electron chi connectivity index (χ1n) is 4.59. The molecule has 0 N–H and O–H groups in total. The van der Waals surface area contributed by atoms with Crippen LogP contribution in [0.4, 0.5) is 0 Å². The third-order valence-corrected chi connectivity index (χ3v) is 3.44. The lowest BCUT2D eigenvalue weighted by Gasteiger charge is -2.32. The maximum atomic E-state index is 5.72. The van der Waals surface area contributed by atoms with Crippen molar-refractivity contribution in [1.82, 2.24) is 0 Å². The zero-order chi connectivity index (χ0) is 10.6. The highest BCUT2D eigenvalue weighted by atomic mass is 32.3. The molecule has 0 rings (SSSR count). The van der Waals surface area contributed by atoms with Crippen LogP contribution in [0, 0.1) is 0 Å². The lowest BCUT2D eigenvalue weighted by atomic mass is 10.4. The molecule has 1 unspecified atom stereocenters. The third kappa shape index (κ3) is 4.67. The Balaban J connectivity index is 4.44. The van der Waals surface area contributed by atoms with Gasteiger partial charge in [-0.3, -0.25) is 4.99 Å². The normalized spacial score (nSPS) is 17.7. The van der Waals surface area contributed by atoms with Gasteiger partial charge in [-0.25, -0.2) is 10.0 Å². The second kappa shape index (κ2) is 5.01. The molecule has 0 saturated carbocycles. The van der Waals surface area contributed by atoms with E-state index in [1.807, 2.05) is 7.05 Å². The monoisotopic (exact) mass is 205 g/mol. The number of ether oxygens (including phenoxy) is 1. The fraction of sp³-hybridized carbons (Fsp3) is 0.900. The second-order valence-corrected chi connectivity index (χ2v) is 8.32. The van der Waals surface area contributed by atoms with Crippen LogP contribution < -0.4 is 0 Å².